The van der Waals surface area contributed by atoms with Crippen LogP contribution in [0.25, 0.3) is 5.57 Å². The third-order valence-corrected chi connectivity index (χ3v) is 3.75. The van der Waals surface area contributed by atoms with Crippen molar-refractivity contribution in [3.63, 3.8) is 0 Å². The summed E-state index contributed by atoms with van der Waals surface area (Å²) in [5, 5.41) is 0. The maximum absolute atomic E-state index is 12.1. The van der Waals surface area contributed by atoms with E-state index in [9.17, 15) is 14.4 Å². The highest BCUT2D eigenvalue weighted by atomic mass is 16.6. The number of nitrogens with zero attached hydrogens (tertiary/aromatic N) is 2. The number of carbonyl (C=O) groups is 2. The molecule has 1 aliphatic heterocycles. The van der Waals surface area contributed by atoms with E-state index in [1.165, 1.54) is 17.7 Å². The topological polar surface area (TPSA) is 77.8 Å². The Bertz CT molecular complexity index is 743. The molecule has 1 aromatic rings. The number of amides is 1. The van der Waals surface area contributed by atoms with Crippen LogP contribution in [0.4, 0.5) is 4.79 Å². The number of rotatable bonds is 3. The molecule has 0 saturated carbocycles. The smallest absolute Gasteiger partial charge is 0.410 e. The van der Waals surface area contributed by atoms with Crippen molar-refractivity contribution < 1.29 is 19.1 Å². The molecule has 1 aliphatic rings. The van der Waals surface area contributed by atoms with Crippen molar-refractivity contribution in [3.8, 4) is 0 Å². The zero-order chi connectivity index (χ0) is 18.6. The first kappa shape index (κ1) is 18.8. The first-order valence-corrected chi connectivity index (χ1v) is 8.14. The standard InChI is InChI=1S/C18H24N2O5/c1-18(2,3)25-17(23)19-8-5-13(6-9-19)14-7-10-20(15(21)11-14)12-16(22)24-4/h5,7,10-11H,6,8-9,12H2,1-4H3. The molecule has 0 aliphatic carbocycles. The van der Waals surface area contributed by atoms with Gasteiger partial charge in [-0.15, -0.1) is 0 Å². The molecule has 0 N–H and O–H groups in total. The second kappa shape index (κ2) is 7.55. The summed E-state index contributed by atoms with van der Waals surface area (Å²) in [4.78, 5) is 37.1. The van der Waals surface area contributed by atoms with Gasteiger partial charge in [-0.2, -0.15) is 0 Å². The van der Waals surface area contributed by atoms with Gasteiger partial charge in [0, 0.05) is 25.4 Å². The quantitative estimate of drug-likeness (QED) is 0.781. The van der Waals surface area contributed by atoms with Gasteiger partial charge in [0.2, 0.25) is 0 Å². The van der Waals surface area contributed by atoms with Crippen LogP contribution in [0.3, 0.4) is 0 Å². The molecule has 2 rings (SSSR count). The van der Waals surface area contributed by atoms with E-state index in [2.05, 4.69) is 4.74 Å². The molecule has 136 valence electrons. The van der Waals surface area contributed by atoms with Gasteiger partial charge in [0.25, 0.3) is 5.56 Å². The lowest BCUT2D eigenvalue weighted by Crippen LogP contribution is -2.39. The highest BCUT2D eigenvalue weighted by Crippen LogP contribution is 2.22. The number of hydrogen-bond acceptors (Lipinski definition) is 5. The van der Waals surface area contributed by atoms with E-state index in [1.807, 2.05) is 26.8 Å². The summed E-state index contributed by atoms with van der Waals surface area (Å²) < 4.78 is 11.2. The van der Waals surface area contributed by atoms with Crippen LogP contribution >= 0.6 is 0 Å². The number of hydrogen-bond donors (Lipinski definition) is 0. The van der Waals surface area contributed by atoms with E-state index in [1.54, 1.807) is 17.2 Å². The second-order valence-corrected chi connectivity index (χ2v) is 6.86. The minimum atomic E-state index is -0.523. The number of esters is 1. The van der Waals surface area contributed by atoms with Gasteiger partial charge in [-0.25, -0.2) is 4.79 Å². The van der Waals surface area contributed by atoms with Crippen LogP contribution < -0.4 is 5.56 Å². The fourth-order valence-corrected chi connectivity index (χ4v) is 2.47. The maximum Gasteiger partial charge on any atom is 0.410 e. The lowest BCUT2D eigenvalue weighted by atomic mass is 10.0. The number of pyridine rings is 1. The maximum atomic E-state index is 12.1. The van der Waals surface area contributed by atoms with E-state index in [-0.39, 0.29) is 18.2 Å². The summed E-state index contributed by atoms with van der Waals surface area (Å²) in [6.07, 6.45) is 3.80. The van der Waals surface area contributed by atoms with Crippen molar-refractivity contribution in [2.24, 2.45) is 0 Å². The summed E-state index contributed by atoms with van der Waals surface area (Å²) in [5.41, 5.74) is 1.01. The van der Waals surface area contributed by atoms with Gasteiger partial charge in [-0.3, -0.25) is 9.59 Å². The number of methoxy groups -OCH3 is 1. The third-order valence-electron chi connectivity index (χ3n) is 3.75. The molecule has 0 radical (unpaired) electrons. The predicted octanol–water partition coefficient (Wildman–Crippen LogP) is 2.05. The summed E-state index contributed by atoms with van der Waals surface area (Å²) in [5.74, 6) is -0.472. The van der Waals surface area contributed by atoms with Crippen LogP contribution in [0.15, 0.2) is 29.2 Å². The molecule has 2 heterocycles. The first-order valence-electron chi connectivity index (χ1n) is 8.14. The third kappa shape index (κ3) is 5.20. The van der Waals surface area contributed by atoms with Crippen molar-refractivity contribution in [2.75, 3.05) is 20.2 Å². The van der Waals surface area contributed by atoms with E-state index in [0.717, 1.165) is 11.1 Å². The lowest BCUT2D eigenvalue weighted by molar-refractivity contribution is -0.141. The second-order valence-electron chi connectivity index (χ2n) is 6.86. The Morgan fingerprint density at radius 1 is 1.28 bits per heavy atom. The Morgan fingerprint density at radius 3 is 2.52 bits per heavy atom. The molecule has 1 aromatic heterocycles. The van der Waals surface area contributed by atoms with Gasteiger partial charge in [0.15, 0.2) is 0 Å². The fraction of sp³-hybridized carbons (Fsp3) is 0.500. The van der Waals surface area contributed by atoms with Crippen LogP contribution in [0, 0.1) is 0 Å². The number of carbonyl (C=O) groups excluding carboxylic acids is 2. The van der Waals surface area contributed by atoms with Gasteiger partial charge in [-0.05, 0) is 44.4 Å². The van der Waals surface area contributed by atoms with Gasteiger partial charge >= 0.3 is 12.1 Å². The zero-order valence-electron chi connectivity index (χ0n) is 15.1. The summed E-state index contributed by atoms with van der Waals surface area (Å²) in [6, 6.07) is 3.29. The van der Waals surface area contributed by atoms with Crippen LogP contribution in [0.2, 0.25) is 0 Å². The Morgan fingerprint density at radius 2 is 2.00 bits per heavy atom. The molecule has 0 spiro atoms. The van der Waals surface area contributed by atoms with Crippen LogP contribution in [0.1, 0.15) is 32.8 Å². The number of aromatic nitrogens is 1. The Kier molecular flexibility index (Phi) is 5.66. The van der Waals surface area contributed by atoms with Crippen LogP contribution in [-0.2, 0) is 20.8 Å². The van der Waals surface area contributed by atoms with Gasteiger partial charge in [0.05, 0.1) is 7.11 Å². The fourth-order valence-electron chi connectivity index (χ4n) is 2.47. The molecular weight excluding hydrogens is 324 g/mol. The van der Waals surface area contributed by atoms with Gasteiger partial charge in [0.1, 0.15) is 12.1 Å². The molecule has 1 amide bonds. The molecule has 0 atom stereocenters. The molecule has 0 unspecified atom stereocenters. The Balaban J connectivity index is 2.06. The highest BCUT2D eigenvalue weighted by Gasteiger charge is 2.24. The van der Waals surface area contributed by atoms with Crippen LogP contribution in [0.5, 0.6) is 0 Å². The Labute approximate surface area is 146 Å². The predicted molar refractivity (Wildman–Crippen MR) is 93.1 cm³/mol. The van der Waals surface area contributed by atoms with E-state index >= 15 is 0 Å². The average molecular weight is 348 g/mol. The minimum Gasteiger partial charge on any atom is -0.468 e. The van der Waals surface area contributed by atoms with Crippen molar-refractivity contribution in [3.05, 3.63) is 40.3 Å². The average Bonchev–Trinajstić information content (AvgIpc) is 2.55. The summed E-state index contributed by atoms with van der Waals surface area (Å²) in [6.45, 7) is 6.36. The zero-order valence-corrected chi connectivity index (χ0v) is 15.1. The Hall–Kier alpha value is -2.57. The van der Waals surface area contributed by atoms with Gasteiger partial charge < -0.3 is 18.9 Å². The minimum absolute atomic E-state index is 0.110. The molecule has 7 heteroatoms. The summed E-state index contributed by atoms with van der Waals surface area (Å²) >= 11 is 0. The number of ether oxygens (including phenoxy) is 2. The molecule has 0 saturated heterocycles. The molecule has 7 nitrogen and oxygen atoms in total. The highest BCUT2D eigenvalue weighted by molar-refractivity contribution is 5.73. The van der Waals surface area contributed by atoms with Crippen LogP contribution in [-0.4, -0.2) is 47.3 Å². The van der Waals surface area contributed by atoms with Crippen molar-refractivity contribution >= 4 is 17.6 Å². The SMILES string of the molecule is COC(=O)Cn1ccc(C2=CCN(C(=O)OC(C)(C)C)CC2)cc1=O. The lowest BCUT2D eigenvalue weighted by Gasteiger charge is -2.29. The van der Waals surface area contributed by atoms with Crippen molar-refractivity contribution in [2.45, 2.75) is 39.3 Å². The largest absolute Gasteiger partial charge is 0.468 e. The molecule has 25 heavy (non-hydrogen) atoms. The van der Waals surface area contributed by atoms with Crippen molar-refractivity contribution in [1.29, 1.82) is 0 Å². The molecular formula is C18H24N2O5. The molecule has 0 bridgehead atoms. The molecule has 0 aromatic carbocycles. The monoisotopic (exact) mass is 348 g/mol. The van der Waals surface area contributed by atoms with E-state index in [0.29, 0.717) is 19.5 Å². The van der Waals surface area contributed by atoms with Crippen molar-refractivity contribution in [1.82, 2.24) is 9.47 Å². The summed E-state index contributed by atoms with van der Waals surface area (Å²) in [7, 11) is 1.28. The van der Waals surface area contributed by atoms with E-state index < -0.39 is 11.6 Å². The first-order chi connectivity index (χ1) is 11.7. The van der Waals surface area contributed by atoms with E-state index in [4.69, 9.17) is 4.74 Å². The molecule has 0 fully saturated rings. The van der Waals surface area contributed by atoms with Gasteiger partial charge in [-0.1, -0.05) is 6.08 Å². The normalized spacial score (nSPS) is 14.7.